The molecule has 170 valence electrons. The second kappa shape index (κ2) is 10.3. The fourth-order valence-corrected chi connectivity index (χ4v) is 4.57. The number of thiophene rings is 1. The molecule has 2 saturated heterocycles. The average Bonchev–Trinajstić information content (AvgIpc) is 3.48. The van der Waals surface area contributed by atoms with Crippen molar-refractivity contribution in [1.82, 2.24) is 10.2 Å². The normalized spacial score (nSPS) is 23.5. The summed E-state index contributed by atoms with van der Waals surface area (Å²) in [6, 6.07) is 7.72. The second-order valence-electron chi connectivity index (χ2n) is 7.39. The Hall–Kier alpha value is -2.37. The van der Waals surface area contributed by atoms with Gasteiger partial charge in [0.1, 0.15) is 0 Å². The summed E-state index contributed by atoms with van der Waals surface area (Å²) < 4.78 is 42.8. The Labute approximate surface area is 180 Å². The Morgan fingerprint density at radius 1 is 1.29 bits per heavy atom. The summed E-state index contributed by atoms with van der Waals surface area (Å²) in [6.45, 7) is 4.59. The number of rotatable bonds is 5. The van der Waals surface area contributed by atoms with Crippen molar-refractivity contribution in [2.45, 2.75) is 25.2 Å². The number of carbonyl (C=O) groups is 2. The van der Waals surface area contributed by atoms with Gasteiger partial charge < -0.3 is 19.6 Å². The summed E-state index contributed by atoms with van der Waals surface area (Å²) in [7, 11) is 0. The van der Waals surface area contributed by atoms with Gasteiger partial charge in [-0.15, -0.1) is 11.3 Å². The molecule has 0 radical (unpaired) electrons. The standard InChI is InChI=1S/C18H22N2O3S.C2HF3O2/c21-18(16-4-1-7-22-16)19-9-17-15-5-6-20(10-13(15)12-23-17)11-14-3-2-8-24-14;3-2(4,5)1(6)7/h1-4,7-8,13,15,17H,5-6,9-12H2,(H,19,21);(H,6,7)/t13-,15-,17+;/m1./s1. The first-order valence-electron chi connectivity index (χ1n) is 9.72. The van der Waals surface area contributed by atoms with Crippen LogP contribution < -0.4 is 5.32 Å². The first-order chi connectivity index (χ1) is 14.7. The van der Waals surface area contributed by atoms with Crippen molar-refractivity contribution in [2.24, 2.45) is 11.8 Å². The van der Waals surface area contributed by atoms with Gasteiger partial charge in [0, 0.05) is 30.4 Å². The van der Waals surface area contributed by atoms with Crippen molar-refractivity contribution in [1.29, 1.82) is 0 Å². The maximum absolute atomic E-state index is 12.0. The number of halogens is 3. The van der Waals surface area contributed by atoms with Crippen LogP contribution in [0, 0.1) is 11.8 Å². The molecule has 0 unspecified atom stereocenters. The molecule has 2 fully saturated rings. The highest BCUT2D eigenvalue weighted by Gasteiger charge is 2.41. The van der Waals surface area contributed by atoms with Gasteiger partial charge >= 0.3 is 12.1 Å². The fourth-order valence-electron chi connectivity index (χ4n) is 3.83. The maximum Gasteiger partial charge on any atom is 0.490 e. The van der Waals surface area contributed by atoms with Gasteiger partial charge in [-0.2, -0.15) is 13.2 Å². The topological polar surface area (TPSA) is 92.0 Å². The largest absolute Gasteiger partial charge is 0.490 e. The number of alkyl halides is 3. The van der Waals surface area contributed by atoms with Gasteiger partial charge in [-0.25, -0.2) is 4.79 Å². The number of ether oxygens (including phenoxy) is 1. The lowest BCUT2D eigenvalue weighted by Gasteiger charge is -2.35. The number of nitrogens with zero attached hydrogens (tertiary/aromatic N) is 1. The lowest BCUT2D eigenvalue weighted by atomic mass is 9.84. The number of amides is 1. The molecule has 2 aliphatic rings. The molecule has 4 heterocycles. The number of carboxylic acids is 1. The molecular weight excluding hydrogens is 437 g/mol. The van der Waals surface area contributed by atoms with E-state index in [0.717, 1.165) is 32.7 Å². The third-order valence-corrected chi connectivity index (χ3v) is 6.15. The van der Waals surface area contributed by atoms with Crippen LogP contribution in [0.15, 0.2) is 40.3 Å². The molecule has 7 nitrogen and oxygen atoms in total. The number of carboxylic acid groups (broad SMARTS) is 1. The zero-order valence-electron chi connectivity index (χ0n) is 16.5. The van der Waals surface area contributed by atoms with Crippen LogP contribution in [0.1, 0.15) is 21.9 Å². The summed E-state index contributed by atoms with van der Waals surface area (Å²) >= 11 is 1.82. The summed E-state index contributed by atoms with van der Waals surface area (Å²) in [5, 5.41) is 12.2. The van der Waals surface area contributed by atoms with Crippen LogP contribution in [0.2, 0.25) is 0 Å². The molecule has 2 aromatic heterocycles. The number of hydrogen-bond acceptors (Lipinski definition) is 6. The molecule has 2 aliphatic heterocycles. The molecule has 0 aromatic carbocycles. The number of aliphatic carboxylic acids is 1. The lowest BCUT2D eigenvalue weighted by Crippen LogP contribution is -2.43. The van der Waals surface area contributed by atoms with Gasteiger partial charge in [0.25, 0.3) is 5.91 Å². The summed E-state index contributed by atoms with van der Waals surface area (Å²) in [5.74, 6) is -1.45. The molecule has 0 spiro atoms. The van der Waals surface area contributed by atoms with E-state index >= 15 is 0 Å². The molecule has 3 atom stereocenters. The predicted octanol–water partition coefficient (Wildman–Crippen LogP) is 3.24. The van der Waals surface area contributed by atoms with Crippen molar-refractivity contribution in [3.63, 3.8) is 0 Å². The van der Waals surface area contributed by atoms with Crippen LogP contribution in [0.3, 0.4) is 0 Å². The van der Waals surface area contributed by atoms with Gasteiger partial charge in [0.2, 0.25) is 0 Å². The number of likely N-dealkylation sites (tertiary alicyclic amines) is 1. The zero-order valence-corrected chi connectivity index (χ0v) is 17.3. The Balaban J connectivity index is 0.000000339. The highest BCUT2D eigenvalue weighted by atomic mass is 32.1. The van der Waals surface area contributed by atoms with Crippen LogP contribution >= 0.6 is 11.3 Å². The van der Waals surface area contributed by atoms with Gasteiger partial charge in [-0.3, -0.25) is 9.69 Å². The fraction of sp³-hybridized carbons (Fsp3) is 0.500. The lowest BCUT2D eigenvalue weighted by molar-refractivity contribution is -0.192. The van der Waals surface area contributed by atoms with Gasteiger partial charge in [-0.1, -0.05) is 6.07 Å². The number of piperidine rings is 1. The predicted molar refractivity (Wildman–Crippen MR) is 106 cm³/mol. The zero-order chi connectivity index (χ0) is 22.4. The molecule has 2 N–H and O–H groups in total. The highest BCUT2D eigenvalue weighted by Crippen LogP contribution is 2.34. The Kier molecular flexibility index (Phi) is 7.74. The first-order valence-corrected chi connectivity index (χ1v) is 10.6. The quantitative estimate of drug-likeness (QED) is 0.712. The molecule has 0 aliphatic carbocycles. The smallest absolute Gasteiger partial charge is 0.475 e. The van der Waals surface area contributed by atoms with Gasteiger partial charge in [0.05, 0.1) is 19.0 Å². The molecule has 31 heavy (non-hydrogen) atoms. The van der Waals surface area contributed by atoms with Crippen LogP contribution in [0.5, 0.6) is 0 Å². The molecular formula is C20H23F3N2O5S. The van der Waals surface area contributed by atoms with Gasteiger partial charge in [-0.05, 0) is 42.5 Å². The number of furan rings is 1. The van der Waals surface area contributed by atoms with Crippen molar-refractivity contribution in [2.75, 3.05) is 26.2 Å². The van der Waals surface area contributed by atoms with Crippen LogP contribution in [-0.2, 0) is 16.1 Å². The van der Waals surface area contributed by atoms with Crippen molar-refractivity contribution < 1.29 is 37.0 Å². The van der Waals surface area contributed by atoms with E-state index < -0.39 is 12.1 Å². The Morgan fingerprint density at radius 3 is 2.68 bits per heavy atom. The monoisotopic (exact) mass is 460 g/mol. The molecule has 2 aromatic rings. The minimum atomic E-state index is -5.08. The number of hydrogen-bond donors (Lipinski definition) is 2. The van der Waals surface area contributed by atoms with Crippen molar-refractivity contribution in [3.05, 3.63) is 46.5 Å². The van der Waals surface area contributed by atoms with Crippen molar-refractivity contribution in [3.8, 4) is 0 Å². The third-order valence-electron chi connectivity index (χ3n) is 5.29. The minimum Gasteiger partial charge on any atom is -0.475 e. The van der Waals surface area contributed by atoms with Crippen LogP contribution in [0.25, 0.3) is 0 Å². The summed E-state index contributed by atoms with van der Waals surface area (Å²) in [4.78, 5) is 24.8. The number of fused-ring (bicyclic) bond motifs is 1. The Morgan fingerprint density at radius 2 is 2.06 bits per heavy atom. The molecule has 0 saturated carbocycles. The number of carbonyl (C=O) groups excluding carboxylic acids is 1. The summed E-state index contributed by atoms with van der Waals surface area (Å²) in [5.41, 5.74) is 0. The first kappa shape index (κ1) is 23.3. The van der Waals surface area contributed by atoms with E-state index in [2.05, 4.69) is 27.7 Å². The van der Waals surface area contributed by atoms with Crippen molar-refractivity contribution >= 4 is 23.2 Å². The summed E-state index contributed by atoms with van der Waals surface area (Å²) in [6.07, 6.45) is -2.31. The highest BCUT2D eigenvalue weighted by molar-refractivity contribution is 7.09. The van der Waals surface area contributed by atoms with E-state index in [-0.39, 0.29) is 12.0 Å². The van der Waals surface area contributed by atoms with E-state index in [0.29, 0.717) is 24.1 Å². The number of nitrogens with one attached hydrogen (secondary N) is 1. The molecule has 4 rings (SSSR count). The maximum atomic E-state index is 12.0. The van der Waals surface area contributed by atoms with Crippen LogP contribution in [0.4, 0.5) is 13.2 Å². The third kappa shape index (κ3) is 6.55. The Bertz CT molecular complexity index is 842. The van der Waals surface area contributed by atoms with E-state index in [1.54, 1.807) is 12.1 Å². The van der Waals surface area contributed by atoms with Crippen LogP contribution in [-0.4, -0.2) is 60.4 Å². The van der Waals surface area contributed by atoms with E-state index in [9.17, 15) is 18.0 Å². The molecule has 11 heteroatoms. The SMILES string of the molecule is O=C(NC[C@@H]1OC[C@H]2CN(Cc3cccs3)CC[C@H]21)c1ccco1.O=C(O)C(F)(F)F. The second-order valence-corrected chi connectivity index (χ2v) is 8.42. The minimum absolute atomic E-state index is 0.123. The van der Waals surface area contributed by atoms with E-state index in [4.69, 9.17) is 19.1 Å². The molecule has 1 amide bonds. The van der Waals surface area contributed by atoms with E-state index in [1.807, 2.05) is 11.3 Å². The van der Waals surface area contributed by atoms with E-state index in [1.165, 1.54) is 11.1 Å². The van der Waals surface area contributed by atoms with Gasteiger partial charge in [0.15, 0.2) is 5.76 Å². The molecule has 0 bridgehead atoms. The average molecular weight is 460 g/mol.